The summed E-state index contributed by atoms with van der Waals surface area (Å²) in [6.45, 7) is 0. The van der Waals surface area contributed by atoms with Crippen molar-refractivity contribution in [2.24, 2.45) is 5.92 Å². The molecule has 0 aliphatic heterocycles. The fraction of sp³-hybridized carbons (Fsp3) is 0.500. The minimum atomic E-state index is -0.00560. The van der Waals surface area contributed by atoms with E-state index in [4.69, 9.17) is 0 Å². The van der Waals surface area contributed by atoms with Gasteiger partial charge in [-0.05, 0) is 24.8 Å². The molecular formula is C8H10O2. The second-order valence-electron chi connectivity index (χ2n) is 2.55. The monoisotopic (exact) mass is 138 g/mol. The van der Waals surface area contributed by atoms with Gasteiger partial charge in [0.15, 0.2) is 0 Å². The largest absolute Gasteiger partial charge is 0.303 e. The zero-order valence-corrected chi connectivity index (χ0v) is 5.75. The molecule has 0 saturated carbocycles. The molecular weight excluding hydrogens is 128 g/mol. The van der Waals surface area contributed by atoms with Crippen molar-refractivity contribution in [1.82, 2.24) is 0 Å². The SMILES string of the molecule is O=CC1=CC(C=O)CCC1. The minimum absolute atomic E-state index is 0.00560. The molecule has 1 aliphatic rings. The van der Waals surface area contributed by atoms with Crippen molar-refractivity contribution < 1.29 is 9.59 Å². The Morgan fingerprint density at radius 3 is 2.90 bits per heavy atom. The average Bonchev–Trinajstić information content (AvgIpc) is 2.05. The summed E-state index contributed by atoms with van der Waals surface area (Å²) in [5.41, 5.74) is 0.781. The lowest BCUT2D eigenvalue weighted by Crippen LogP contribution is -2.05. The molecule has 1 rings (SSSR count). The molecule has 2 heteroatoms. The highest BCUT2D eigenvalue weighted by molar-refractivity contribution is 5.75. The highest BCUT2D eigenvalue weighted by Crippen LogP contribution is 2.19. The summed E-state index contributed by atoms with van der Waals surface area (Å²) >= 11 is 0. The molecule has 1 unspecified atom stereocenters. The van der Waals surface area contributed by atoms with Crippen LogP contribution in [-0.2, 0) is 9.59 Å². The lowest BCUT2D eigenvalue weighted by atomic mass is 9.92. The second kappa shape index (κ2) is 3.30. The van der Waals surface area contributed by atoms with Crippen LogP contribution in [0.5, 0.6) is 0 Å². The highest BCUT2D eigenvalue weighted by atomic mass is 16.1. The van der Waals surface area contributed by atoms with Crippen LogP contribution >= 0.6 is 0 Å². The van der Waals surface area contributed by atoms with Gasteiger partial charge < -0.3 is 4.79 Å². The van der Waals surface area contributed by atoms with Gasteiger partial charge in [-0.25, -0.2) is 0 Å². The molecule has 2 nitrogen and oxygen atoms in total. The van der Waals surface area contributed by atoms with Gasteiger partial charge in [-0.15, -0.1) is 0 Å². The van der Waals surface area contributed by atoms with Crippen molar-refractivity contribution in [1.29, 1.82) is 0 Å². The van der Waals surface area contributed by atoms with Gasteiger partial charge >= 0.3 is 0 Å². The van der Waals surface area contributed by atoms with Gasteiger partial charge in [0.05, 0.1) is 0 Å². The Kier molecular flexibility index (Phi) is 2.37. The molecule has 10 heavy (non-hydrogen) atoms. The first-order valence-corrected chi connectivity index (χ1v) is 3.48. The summed E-state index contributed by atoms with van der Waals surface area (Å²) in [5.74, 6) is -0.00560. The van der Waals surface area contributed by atoms with Gasteiger partial charge in [-0.1, -0.05) is 6.08 Å². The van der Waals surface area contributed by atoms with Crippen LogP contribution in [0.15, 0.2) is 11.6 Å². The van der Waals surface area contributed by atoms with E-state index in [9.17, 15) is 9.59 Å². The zero-order chi connectivity index (χ0) is 7.40. The van der Waals surface area contributed by atoms with Gasteiger partial charge in [-0.3, -0.25) is 4.79 Å². The minimum Gasteiger partial charge on any atom is -0.303 e. The third-order valence-corrected chi connectivity index (χ3v) is 1.76. The topological polar surface area (TPSA) is 34.1 Å². The molecule has 1 atom stereocenters. The first kappa shape index (κ1) is 7.19. The van der Waals surface area contributed by atoms with Crippen LogP contribution in [0.2, 0.25) is 0 Å². The second-order valence-corrected chi connectivity index (χ2v) is 2.55. The molecule has 54 valence electrons. The molecule has 0 aromatic carbocycles. The Morgan fingerprint density at radius 1 is 1.50 bits per heavy atom. The standard InChI is InChI=1S/C8H10O2/c9-5-7-2-1-3-8(4-7)6-10/h4-7H,1-3H2. The van der Waals surface area contributed by atoms with Gasteiger partial charge in [0.1, 0.15) is 12.6 Å². The van der Waals surface area contributed by atoms with E-state index in [0.717, 1.165) is 37.4 Å². The molecule has 0 aromatic rings. The Labute approximate surface area is 59.9 Å². The maximum absolute atomic E-state index is 10.3. The molecule has 0 amide bonds. The maximum atomic E-state index is 10.3. The van der Waals surface area contributed by atoms with Crippen LogP contribution in [0.25, 0.3) is 0 Å². The fourth-order valence-corrected chi connectivity index (χ4v) is 1.19. The molecule has 0 radical (unpaired) electrons. The summed E-state index contributed by atoms with van der Waals surface area (Å²) in [5, 5.41) is 0. The van der Waals surface area contributed by atoms with E-state index in [1.807, 2.05) is 0 Å². The summed E-state index contributed by atoms with van der Waals surface area (Å²) < 4.78 is 0. The first-order chi connectivity index (χ1) is 4.86. The average molecular weight is 138 g/mol. The molecule has 0 heterocycles. The zero-order valence-electron chi connectivity index (χ0n) is 5.75. The van der Waals surface area contributed by atoms with Crippen LogP contribution in [0.1, 0.15) is 19.3 Å². The molecule has 0 N–H and O–H groups in total. The molecule has 0 aromatic heterocycles. The molecule has 0 spiro atoms. The van der Waals surface area contributed by atoms with Crippen molar-refractivity contribution in [3.8, 4) is 0 Å². The Bertz CT molecular complexity index is 170. The normalized spacial score (nSPS) is 25.2. The van der Waals surface area contributed by atoms with E-state index >= 15 is 0 Å². The molecule has 0 fully saturated rings. The molecule has 0 bridgehead atoms. The van der Waals surface area contributed by atoms with Gasteiger partial charge in [-0.2, -0.15) is 0 Å². The van der Waals surface area contributed by atoms with Crippen LogP contribution in [0, 0.1) is 5.92 Å². The Balaban J connectivity index is 2.64. The van der Waals surface area contributed by atoms with E-state index in [1.165, 1.54) is 0 Å². The summed E-state index contributed by atoms with van der Waals surface area (Å²) in [4.78, 5) is 20.5. The Hall–Kier alpha value is -0.920. The number of carbonyl (C=O) groups is 2. The van der Waals surface area contributed by atoms with E-state index in [2.05, 4.69) is 0 Å². The lowest BCUT2D eigenvalue weighted by molar-refractivity contribution is -0.110. The number of carbonyl (C=O) groups excluding carboxylic acids is 2. The molecule has 0 saturated heterocycles. The fourth-order valence-electron chi connectivity index (χ4n) is 1.19. The van der Waals surface area contributed by atoms with E-state index in [0.29, 0.717) is 0 Å². The summed E-state index contributed by atoms with van der Waals surface area (Å²) in [7, 11) is 0. The van der Waals surface area contributed by atoms with Crippen molar-refractivity contribution in [3.05, 3.63) is 11.6 Å². The quantitative estimate of drug-likeness (QED) is 0.535. The van der Waals surface area contributed by atoms with Gasteiger partial charge in [0.25, 0.3) is 0 Å². The van der Waals surface area contributed by atoms with Crippen LogP contribution < -0.4 is 0 Å². The maximum Gasteiger partial charge on any atom is 0.145 e. The van der Waals surface area contributed by atoms with Crippen molar-refractivity contribution in [2.45, 2.75) is 19.3 Å². The van der Waals surface area contributed by atoms with Crippen molar-refractivity contribution in [2.75, 3.05) is 0 Å². The van der Waals surface area contributed by atoms with Gasteiger partial charge in [0, 0.05) is 5.92 Å². The number of allylic oxidation sites excluding steroid dienone is 2. The van der Waals surface area contributed by atoms with E-state index < -0.39 is 0 Å². The van der Waals surface area contributed by atoms with E-state index in [-0.39, 0.29) is 5.92 Å². The summed E-state index contributed by atoms with van der Waals surface area (Å²) in [6.07, 6.45) is 6.23. The van der Waals surface area contributed by atoms with Crippen molar-refractivity contribution in [3.63, 3.8) is 0 Å². The number of rotatable bonds is 2. The summed E-state index contributed by atoms with van der Waals surface area (Å²) in [6, 6.07) is 0. The highest BCUT2D eigenvalue weighted by Gasteiger charge is 2.11. The Morgan fingerprint density at radius 2 is 2.30 bits per heavy atom. The predicted molar refractivity (Wildman–Crippen MR) is 37.6 cm³/mol. The number of aldehydes is 2. The smallest absolute Gasteiger partial charge is 0.145 e. The number of hydrogen-bond donors (Lipinski definition) is 0. The van der Waals surface area contributed by atoms with E-state index in [1.54, 1.807) is 6.08 Å². The van der Waals surface area contributed by atoms with Crippen LogP contribution in [0.3, 0.4) is 0 Å². The van der Waals surface area contributed by atoms with Crippen LogP contribution in [0.4, 0.5) is 0 Å². The van der Waals surface area contributed by atoms with Crippen molar-refractivity contribution >= 4 is 12.6 Å². The lowest BCUT2D eigenvalue weighted by Gasteiger charge is -2.11. The first-order valence-electron chi connectivity index (χ1n) is 3.48. The molecule has 1 aliphatic carbocycles. The van der Waals surface area contributed by atoms with Gasteiger partial charge in [0.2, 0.25) is 0 Å². The predicted octanol–water partition coefficient (Wildman–Crippen LogP) is 1.11. The number of hydrogen-bond acceptors (Lipinski definition) is 2. The third kappa shape index (κ3) is 1.53. The van der Waals surface area contributed by atoms with Crippen LogP contribution in [-0.4, -0.2) is 12.6 Å². The third-order valence-electron chi connectivity index (χ3n) is 1.76.